The van der Waals surface area contributed by atoms with Crippen LogP contribution in [-0.2, 0) is 19.4 Å². The van der Waals surface area contributed by atoms with Crippen molar-refractivity contribution < 1.29 is 4.79 Å². The molecule has 30 heavy (non-hydrogen) atoms. The smallest absolute Gasteiger partial charge is 0.253 e. The van der Waals surface area contributed by atoms with Gasteiger partial charge in [-0.1, -0.05) is 19.1 Å². The fraction of sp³-hybridized carbons (Fsp3) is 0.292. The van der Waals surface area contributed by atoms with Gasteiger partial charge >= 0.3 is 0 Å². The number of H-pyrrole nitrogens is 1. The molecule has 0 spiro atoms. The van der Waals surface area contributed by atoms with Crippen molar-refractivity contribution in [1.82, 2.24) is 24.8 Å². The first-order valence-electron chi connectivity index (χ1n) is 10.5. The number of pyridine rings is 1. The lowest BCUT2D eigenvalue weighted by molar-refractivity contribution is 0.0952. The van der Waals surface area contributed by atoms with Crippen LogP contribution in [0.2, 0.25) is 0 Å². The Hall–Kier alpha value is -3.41. The average Bonchev–Trinajstić information content (AvgIpc) is 3.35. The van der Waals surface area contributed by atoms with Gasteiger partial charge in [0.2, 0.25) is 0 Å². The van der Waals surface area contributed by atoms with E-state index >= 15 is 0 Å². The molecule has 1 unspecified atom stereocenters. The third-order valence-electron chi connectivity index (χ3n) is 6.05. The summed E-state index contributed by atoms with van der Waals surface area (Å²) in [6.45, 7) is 4.68. The number of rotatable bonds is 4. The van der Waals surface area contributed by atoms with E-state index in [1.807, 2.05) is 42.0 Å². The number of para-hydroxylation sites is 1. The summed E-state index contributed by atoms with van der Waals surface area (Å²) in [6, 6.07) is 9.91. The average molecular weight is 399 g/mol. The topological polar surface area (TPSA) is 75.6 Å². The van der Waals surface area contributed by atoms with Crippen LogP contribution in [-0.4, -0.2) is 25.4 Å². The third-order valence-corrected chi connectivity index (χ3v) is 6.05. The summed E-state index contributed by atoms with van der Waals surface area (Å²) in [4.78, 5) is 25.2. The molecular formula is C24H25N5O. The van der Waals surface area contributed by atoms with Crippen LogP contribution in [0, 0.1) is 12.8 Å². The van der Waals surface area contributed by atoms with Crippen LogP contribution in [0.25, 0.3) is 16.7 Å². The number of imidazole rings is 1. The van der Waals surface area contributed by atoms with Gasteiger partial charge in [0.1, 0.15) is 11.6 Å². The zero-order valence-corrected chi connectivity index (χ0v) is 17.3. The molecule has 3 aromatic heterocycles. The number of nitrogens with one attached hydrogen (secondary N) is 2. The molecule has 0 fully saturated rings. The van der Waals surface area contributed by atoms with E-state index in [0.29, 0.717) is 18.0 Å². The second kappa shape index (κ2) is 7.44. The maximum atomic E-state index is 13.0. The number of carbonyl (C=O) groups excluding carboxylic acids is 1. The molecule has 1 aliphatic rings. The Bertz CT molecular complexity index is 1240. The molecule has 0 radical (unpaired) electrons. The van der Waals surface area contributed by atoms with E-state index in [9.17, 15) is 4.79 Å². The predicted molar refractivity (Wildman–Crippen MR) is 117 cm³/mol. The monoisotopic (exact) mass is 399 g/mol. The second-order valence-corrected chi connectivity index (χ2v) is 8.21. The molecule has 1 aromatic carbocycles. The van der Waals surface area contributed by atoms with Crippen molar-refractivity contribution in [2.45, 2.75) is 39.7 Å². The van der Waals surface area contributed by atoms with Crippen LogP contribution < -0.4 is 5.32 Å². The Morgan fingerprint density at radius 1 is 1.27 bits per heavy atom. The number of benzene rings is 1. The van der Waals surface area contributed by atoms with E-state index in [1.165, 1.54) is 23.1 Å². The summed E-state index contributed by atoms with van der Waals surface area (Å²) >= 11 is 0. The van der Waals surface area contributed by atoms with E-state index in [4.69, 9.17) is 0 Å². The standard InChI is InChI=1S/C24H25N5O/c1-15-6-7-21-20(12-15)18-4-3-5-19(23(18)28-21)24(30)27-14-17-8-9-26-22(13-17)29-11-10-25-16(29)2/h3-5,8-11,13,15,28H,6-7,12,14H2,1-2H3,(H,27,30). The van der Waals surface area contributed by atoms with Gasteiger partial charge < -0.3 is 10.3 Å². The first-order valence-corrected chi connectivity index (χ1v) is 10.5. The molecule has 2 N–H and O–H groups in total. The molecule has 6 nitrogen and oxygen atoms in total. The van der Waals surface area contributed by atoms with Crippen molar-refractivity contribution >= 4 is 16.8 Å². The van der Waals surface area contributed by atoms with Crippen LogP contribution >= 0.6 is 0 Å². The van der Waals surface area contributed by atoms with Gasteiger partial charge in [0.05, 0.1) is 11.1 Å². The number of hydrogen-bond acceptors (Lipinski definition) is 3. The fourth-order valence-corrected chi connectivity index (χ4v) is 4.40. The second-order valence-electron chi connectivity index (χ2n) is 8.21. The summed E-state index contributed by atoms with van der Waals surface area (Å²) in [5.41, 5.74) is 5.33. The summed E-state index contributed by atoms with van der Waals surface area (Å²) in [5.74, 6) is 2.30. The molecule has 152 valence electrons. The molecular weight excluding hydrogens is 374 g/mol. The lowest BCUT2D eigenvalue weighted by atomic mass is 9.87. The van der Waals surface area contributed by atoms with E-state index in [2.05, 4.69) is 33.3 Å². The largest absolute Gasteiger partial charge is 0.358 e. The van der Waals surface area contributed by atoms with Gasteiger partial charge in [-0.3, -0.25) is 9.36 Å². The number of fused-ring (bicyclic) bond motifs is 3. The highest BCUT2D eigenvalue weighted by atomic mass is 16.1. The molecule has 0 saturated carbocycles. The highest BCUT2D eigenvalue weighted by Crippen LogP contribution is 2.32. The summed E-state index contributed by atoms with van der Waals surface area (Å²) in [6.07, 6.45) is 8.73. The Labute approximate surface area is 175 Å². The Morgan fingerprint density at radius 3 is 3.00 bits per heavy atom. The van der Waals surface area contributed by atoms with Gasteiger partial charge in [-0.25, -0.2) is 9.97 Å². The SMILES string of the molecule is Cc1nccn1-c1cc(CNC(=O)c2cccc3c4c([nH]c23)CCC(C)C4)ccn1. The van der Waals surface area contributed by atoms with E-state index < -0.39 is 0 Å². The van der Waals surface area contributed by atoms with Crippen molar-refractivity contribution in [3.8, 4) is 5.82 Å². The van der Waals surface area contributed by atoms with E-state index in [-0.39, 0.29) is 5.91 Å². The van der Waals surface area contributed by atoms with Crippen molar-refractivity contribution in [2.75, 3.05) is 0 Å². The molecule has 1 amide bonds. The molecule has 5 rings (SSSR count). The number of hydrogen-bond donors (Lipinski definition) is 2. The van der Waals surface area contributed by atoms with Gasteiger partial charge in [0, 0.05) is 36.2 Å². The molecule has 1 atom stereocenters. The zero-order valence-electron chi connectivity index (χ0n) is 17.3. The summed E-state index contributed by atoms with van der Waals surface area (Å²) < 4.78 is 1.93. The van der Waals surface area contributed by atoms with Gasteiger partial charge in [0.25, 0.3) is 5.91 Å². The molecule has 0 bridgehead atoms. The molecule has 0 saturated heterocycles. The highest BCUT2D eigenvalue weighted by molar-refractivity contribution is 6.06. The molecule has 4 aromatic rings. The van der Waals surface area contributed by atoms with Crippen LogP contribution in [0.15, 0.2) is 48.9 Å². The third kappa shape index (κ3) is 3.28. The van der Waals surface area contributed by atoms with Crippen molar-refractivity contribution in [1.29, 1.82) is 0 Å². The predicted octanol–water partition coefficient (Wildman–Crippen LogP) is 4.11. The molecule has 6 heteroatoms. The minimum absolute atomic E-state index is 0.0654. The molecule has 1 aliphatic carbocycles. The zero-order chi connectivity index (χ0) is 20.7. The van der Waals surface area contributed by atoms with E-state index in [0.717, 1.165) is 35.6 Å². The number of nitrogens with zero attached hydrogens (tertiary/aromatic N) is 3. The quantitative estimate of drug-likeness (QED) is 0.542. The van der Waals surface area contributed by atoms with Gasteiger partial charge in [0.15, 0.2) is 0 Å². The maximum Gasteiger partial charge on any atom is 0.253 e. The number of aryl methyl sites for hydroxylation is 2. The lowest BCUT2D eigenvalue weighted by Gasteiger charge is -2.17. The Kier molecular flexibility index (Phi) is 4.62. The minimum Gasteiger partial charge on any atom is -0.358 e. The number of aromatic amines is 1. The number of carbonyl (C=O) groups is 1. The van der Waals surface area contributed by atoms with Crippen molar-refractivity contribution in [3.05, 3.63) is 77.1 Å². The Balaban J connectivity index is 1.38. The number of amides is 1. The fourth-order valence-electron chi connectivity index (χ4n) is 4.40. The highest BCUT2D eigenvalue weighted by Gasteiger charge is 2.22. The molecule has 3 heterocycles. The first kappa shape index (κ1) is 18.6. The summed E-state index contributed by atoms with van der Waals surface area (Å²) in [5, 5.41) is 4.26. The van der Waals surface area contributed by atoms with Crippen molar-refractivity contribution in [2.24, 2.45) is 5.92 Å². The van der Waals surface area contributed by atoms with Gasteiger partial charge in [-0.2, -0.15) is 0 Å². The van der Waals surface area contributed by atoms with Crippen LogP contribution in [0.5, 0.6) is 0 Å². The first-order chi connectivity index (χ1) is 14.6. The van der Waals surface area contributed by atoms with E-state index in [1.54, 1.807) is 12.4 Å². The lowest BCUT2D eigenvalue weighted by Crippen LogP contribution is -2.23. The maximum absolute atomic E-state index is 13.0. The van der Waals surface area contributed by atoms with Gasteiger partial charge in [-0.15, -0.1) is 0 Å². The van der Waals surface area contributed by atoms with Gasteiger partial charge in [-0.05, 0) is 61.4 Å². The normalized spacial score (nSPS) is 15.9. The summed E-state index contributed by atoms with van der Waals surface area (Å²) in [7, 11) is 0. The van der Waals surface area contributed by atoms with Crippen LogP contribution in [0.4, 0.5) is 0 Å². The minimum atomic E-state index is -0.0654. The molecule has 0 aliphatic heterocycles. The van der Waals surface area contributed by atoms with Crippen LogP contribution in [0.1, 0.15) is 46.3 Å². The Morgan fingerprint density at radius 2 is 2.17 bits per heavy atom. The van der Waals surface area contributed by atoms with Crippen molar-refractivity contribution in [3.63, 3.8) is 0 Å². The van der Waals surface area contributed by atoms with Crippen LogP contribution in [0.3, 0.4) is 0 Å². The number of aromatic nitrogens is 4.